The second-order valence-corrected chi connectivity index (χ2v) is 7.63. The van der Waals surface area contributed by atoms with Crippen LogP contribution < -0.4 is 14.4 Å². The van der Waals surface area contributed by atoms with E-state index in [-0.39, 0.29) is 16.8 Å². The molecule has 1 N–H and O–H groups in total. The highest BCUT2D eigenvalue weighted by molar-refractivity contribution is 6.28. The van der Waals surface area contributed by atoms with Crippen molar-refractivity contribution in [3.05, 3.63) is 53.0 Å². The first-order valence-electron chi connectivity index (χ1n) is 9.08. The van der Waals surface area contributed by atoms with Crippen molar-refractivity contribution in [3.8, 4) is 11.5 Å². The molecule has 1 aromatic heterocycles. The molecule has 0 saturated carbocycles. The lowest BCUT2D eigenvalue weighted by Gasteiger charge is -2.35. The van der Waals surface area contributed by atoms with Gasteiger partial charge in [0.1, 0.15) is 11.9 Å². The van der Waals surface area contributed by atoms with Crippen LogP contribution in [0.2, 0.25) is 5.28 Å². The van der Waals surface area contributed by atoms with Gasteiger partial charge < -0.3 is 19.5 Å². The van der Waals surface area contributed by atoms with Crippen molar-refractivity contribution in [1.29, 1.82) is 0 Å². The van der Waals surface area contributed by atoms with Crippen molar-refractivity contribution >= 4 is 17.4 Å². The van der Waals surface area contributed by atoms with Gasteiger partial charge in [0, 0.05) is 31.3 Å². The number of hydrogen-bond acceptors (Lipinski definition) is 6. The maximum Gasteiger partial charge on any atom is 0.224 e. The maximum absolute atomic E-state index is 10.1. The summed E-state index contributed by atoms with van der Waals surface area (Å²) in [5.41, 5.74) is 2.10. The van der Waals surface area contributed by atoms with Gasteiger partial charge in [0.05, 0.1) is 18.6 Å². The third-order valence-corrected chi connectivity index (χ3v) is 6.07. The highest BCUT2D eigenvalue weighted by atomic mass is 35.5. The zero-order valence-corrected chi connectivity index (χ0v) is 15.7. The highest BCUT2D eigenvalue weighted by Crippen LogP contribution is 2.55. The van der Waals surface area contributed by atoms with E-state index in [2.05, 4.69) is 27.0 Å². The molecule has 140 valence electrons. The number of hydrogen-bond donors (Lipinski definition) is 1. The number of halogens is 1. The number of anilines is 1. The van der Waals surface area contributed by atoms with E-state index in [9.17, 15) is 5.11 Å². The van der Waals surface area contributed by atoms with Gasteiger partial charge in [-0.1, -0.05) is 18.2 Å². The summed E-state index contributed by atoms with van der Waals surface area (Å²) >= 11 is 6.01. The van der Waals surface area contributed by atoms with Gasteiger partial charge in [0.15, 0.2) is 11.5 Å². The summed E-state index contributed by atoms with van der Waals surface area (Å²) in [4.78, 5) is 10.6. The molecule has 27 heavy (non-hydrogen) atoms. The van der Waals surface area contributed by atoms with E-state index >= 15 is 0 Å². The van der Waals surface area contributed by atoms with Crippen LogP contribution in [0.5, 0.6) is 11.5 Å². The minimum Gasteiger partial charge on any atom is -0.493 e. The Balaban J connectivity index is 1.65. The predicted octanol–water partition coefficient (Wildman–Crippen LogP) is 2.87. The monoisotopic (exact) mass is 385 g/mol. The second-order valence-electron chi connectivity index (χ2n) is 7.30. The van der Waals surface area contributed by atoms with Crippen LogP contribution in [0.15, 0.2) is 36.5 Å². The van der Waals surface area contributed by atoms with Crippen molar-refractivity contribution in [2.75, 3.05) is 18.6 Å². The Morgan fingerprint density at radius 2 is 2.26 bits per heavy atom. The fourth-order valence-electron chi connectivity index (χ4n) is 4.63. The van der Waals surface area contributed by atoms with Crippen LogP contribution in [-0.4, -0.2) is 40.9 Å². The predicted molar refractivity (Wildman–Crippen MR) is 102 cm³/mol. The molecule has 1 spiro atoms. The van der Waals surface area contributed by atoms with Crippen LogP contribution in [0.25, 0.3) is 0 Å². The van der Waals surface area contributed by atoms with Crippen molar-refractivity contribution in [2.24, 2.45) is 0 Å². The third kappa shape index (κ3) is 2.51. The smallest absolute Gasteiger partial charge is 0.224 e. The molecule has 1 aromatic carbocycles. The van der Waals surface area contributed by atoms with E-state index in [1.165, 1.54) is 11.1 Å². The molecule has 3 aliphatic rings. The molecule has 5 rings (SSSR count). The molecule has 6 nitrogen and oxygen atoms in total. The van der Waals surface area contributed by atoms with Crippen LogP contribution in [0.4, 0.5) is 5.82 Å². The van der Waals surface area contributed by atoms with E-state index in [0.29, 0.717) is 13.0 Å². The van der Waals surface area contributed by atoms with Crippen molar-refractivity contribution in [1.82, 2.24) is 9.97 Å². The minimum atomic E-state index is -0.482. The largest absolute Gasteiger partial charge is 0.493 e. The van der Waals surface area contributed by atoms with E-state index < -0.39 is 6.10 Å². The van der Waals surface area contributed by atoms with Gasteiger partial charge >= 0.3 is 0 Å². The first-order valence-corrected chi connectivity index (χ1v) is 9.46. The van der Waals surface area contributed by atoms with Gasteiger partial charge in [0.25, 0.3) is 0 Å². The highest BCUT2D eigenvalue weighted by Gasteiger charge is 2.52. The summed E-state index contributed by atoms with van der Waals surface area (Å²) < 4.78 is 11.9. The van der Waals surface area contributed by atoms with Gasteiger partial charge in [-0.3, -0.25) is 0 Å². The molecule has 3 atom stereocenters. The Bertz CT molecular complexity index is 935. The molecule has 0 radical (unpaired) electrons. The molecule has 7 heteroatoms. The number of aliphatic hydroxyl groups is 1. The molecule has 2 aliphatic heterocycles. The lowest BCUT2D eigenvalue weighted by atomic mass is 9.69. The van der Waals surface area contributed by atoms with E-state index in [1.807, 2.05) is 18.2 Å². The fourth-order valence-corrected chi connectivity index (χ4v) is 4.78. The average molecular weight is 386 g/mol. The van der Waals surface area contributed by atoms with E-state index in [0.717, 1.165) is 30.3 Å². The Hall–Kier alpha value is -2.31. The van der Waals surface area contributed by atoms with Crippen molar-refractivity contribution in [3.63, 3.8) is 0 Å². The fraction of sp³-hybridized carbons (Fsp3) is 0.400. The lowest BCUT2D eigenvalue weighted by Crippen LogP contribution is -2.43. The second kappa shape index (κ2) is 6.11. The summed E-state index contributed by atoms with van der Waals surface area (Å²) in [5, 5.41) is 10.4. The standard InChI is InChI=1S/C20H20ClN3O3/c1-26-14-3-2-12-11-24(16-5-8-22-19(21)23-16)9-7-20-6-4-13(25)10-15(20)27-18(14)17(12)20/h2-6,8,13,15,25H,7,9-11H2,1H3/t13-,15?,20?/m0/s1. The quantitative estimate of drug-likeness (QED) is 0.633. The average Bonchev–Trinajstić information content (AvgIpc) is 2.89. The Morgan fingerprint density at radius 1 is 1.37 bits per heavy atom. The molecule has 0 fully saturated rings. The number of nitrogens with zero attached hydrogens (tertiary/aromatic N) is 3. The van der Waals surface area contributed by atoms with Crippen molar-refractivity contribution < 1.29 is 14.6 Å². The zero-order valence-electron chi connectivity index (χ0n) is 14.9. The Kier molecular flexibility index (Phi) is 3.81. The van der Waals surface area contributed by atoms with Gasteiger partial charge in [0.2, 0.25) is 5.28 Å². The molecular weight excluding hydrogens is 366 g/mol. The molecule has 0 amide bonds. The summed E-state index contributed by atoms with van der Waals surface area (Å²) in [7, 11) is 1.66. The first-order chi connectivity index (χ1) is 13.1. The topological polar surface area (TPSA) is 67.7 Å². The SMILES string of the molecule is COc1ccc2c3c1OC1C[C@@H](O)C=CC31CCN(c1ccnc(Cl)n1)C2. The molecule has 0 bridgehead atoms. The van der Waals surface area contributed by atoms with Gasteiger partial charge in [-0.15, -0.1) is 0 Å². The summed E-state index contributed by atoms with van der Waals surface area (Å²) in [6.07, 6.45) is 6.57. The number of aromatic nitrogens is 2. The van der Waals surface area contributed by atoms with E-state index in [4.69, 9.17) is 21.1 Å². The van der Waals surface area contributed by atoms with Gasteiger partial charge in [-0.2, -0.15) is 0 Å². The van der Waals surface area contributed by atoms with E-state index in [1.54, 1.807) is 13.3 Å². The third-order valence-electron chi connectivity index (χ3n) is 5.89. The minimum absolute atomic E-state index is 0.100. The summed E-state index contributed by atoms with van der Waals surface area (Å²) in [6, 6.07) is 5.94. The van der Waals surface area contributed by atoms with Crippen LogP contribution in [0.3, 0.4) is 0 Å². The number of methoxy groups -OCH3 is 1. The molecule has 2 aromatic rings. The van der Waals surface area contributed by atoms with Gasteiger partial charge in [-0.25, -0.2) is 9.97 Å². The Morgan fingerprint density at radius 3 is 3.07 bits per heavy atom. The summed E-state index contributed by atoms with van der Waals surface area (Å²) in [6.45, 7) is 1.50. The number of ether oxygens (including phenoxy) is 2. The molecule has 3 heterocycles. The number of rotatable bonds is 2. The number of benzene rings is 1. The van der Waals surface area contributed by atoms with Crippen molar-refractivity contribution in [2.45, 2.75) is 37.0 Å². The zero-order chi connectivity index (χ0) is 18.6. The van der Waals surface area contributed by atoms with Gasteiger partial charge in [-0.05, 0) is 35.7 Å². The molecule has 1 aliphatic carbocycles. The maximum atomic E-state index is 10.1. The molecular formula is C20H20ClN3O3. The normalized spacial score (nSPS) is 28.2. The molecule has 2 unspecified atom stereocenters. The van der Waals surface area contributed by atoms with Crippen LogP contribution in [-0.2, 0) is 12.0 Å². The van der Waals surface area contributed by atoms with Crippen LogP contribution in [0.1, 0.15) is 24.0 Å². The lowest BCUT2D eigenvalue weighted by molar-refractivity contribution is 0.0856. The molecule has 0 saturated heterocycles. The first kappa shape index (κ1) is 16.8. The Labute approximate surface area is 162 Å². The van der Waals surface area contributed by atoms with Crippen LogP contribution in [0, 0.1) is 0 Å². The number of aliphatic hydroxyl groups excluding tert-OH is 1. The summed E-state index contributed by atoms with van der Waals surface area (Å²) in [5.74, 6) is 2.36. The van der Waals surface area contributed by atoms with Crippen LogP contribution >= 0.6 is 11.6 Å².